The van der Waals surface area contributed by atoms with Crippen LogP contribution in [0.3, 0.4) is 0 Å². The normalized spacial score (nSPS) is 9.50. The fourth-order valence-electron chi connectivity index (χ4n) is 0. The van der Waals surface area contributed by atoms with Crippen molar-refractivity contribution in [2.45, 2.75) is 0 Å². The zero-order chi connectivity index (χ0) is 3.41. The topological polar surface area (TPSA) is 0 Å². The van der Waals surface area contributed by atoms with E-state index in [9.17, 15) is 0 Å². The van der Waals surface area contributed by atoms with E-state index in [0.717, 1.165) is 0 Å². The standard InChI is InChI=1S/C2H2AsCl/c3-1-2-4/h1-2H. The third kappa shape index (κ3) is 2.59. The molecule has 22 valence electrons. The first-order valence-electron chi connectivity index (χ1n) is 0.810. The van der Waals surface area contributed by atoms with Crippen molar-refractivity contribution in [3.8, 4) is 0 Å². The van der Waals surface area contributed by atoms with Gasteiger partial charge in [0.05, 0.1) is 0 Å². The van der Waals surface area contributed by atoms with Gasteiger partial charge in [0.15, 0.2) is 0 Å². The molecule has 0 bridgehead atoms. The van der Waals surface area contributed by atoms with E-state index in [1.54, 1.807) is 4.86 Å². The van der Waals surface area contributed by atoms with Crippen molar-refractivity contribution in [1.82, 2.24) is 0 Å². The van der Waals surface area contributed by atoms with E-state index in [1.807, 2.05) is 0 Å². The fourth-order valence-corrected chi connectivity index (χ4v) is 0. The Bertz CT molecular complexity index is 21.2. The summed E-state index contributed by atoms with van der Waals surface area (Å²) in [6, 6.07) is 0. The van der Waals surface area contributed by atoms with Gasteiger partial charge >= 0.3 is 38.9 Å². The van der Waals surface area contributed by atoms with Crippen molar-refractivity contribution >= 4 is 28.5 Å². The minimum atomic E-state index is 1.44. The zero-order valence-corrected chi connectivity index (χ0v) is 4.61. The van der Waals surface area contributed by atoms with Crippen LogP contribution < -0.4 is 0 Å². The van der Waals surface area contributed by atoms with Gasteiger partial charge in [-0.25, -0.2) is 0 Å². The van der Waals surface area contributed by atoms with Gasteiger partial charge in [-0.15, -0.1) is 0 Å². The third-order valence-electron chi connectivity index (χ3n) is 0.0563. The number of halogens is 1. The summed E-state index contributed by atoms with van der Waals surface area (Å²) < 4.78 is 0. The summed E-state index contributed by atoms with van der Waals surface area (Å²) in [4.78, 5) is 1.70. The number of hydrogen-bond acceptors (Lipinski definition) is 0. The van der Waals surface area contributed by atoms with Crippen LogP contribution in [0.2, 0.25) is 0 Å². The molecule has 0 spiro atoms. The molecule has 2 heteroatoms. The van der Waals surface area contributed by atoms with Crippen molar-refractivity contribution in [3.63, 3.8) is 0 Å². The molecule has 0 saturated carbocycles. The Balaban J connectivity index is 2.55. The van der Waals surface area contributed by atoms with Crippen molar-refractivity contribution in [1.29, 1.82) is 0 Å². The molecule has 0 aliphatic heterocycles. The molecule has 0 fully saturated rings. The first-order valence-corrected chi connectivity index (χ1v) is 2.33. The fraction of sp³-hybridized carbons (Fsp3) is 0. The molecule has 0 heterocycles. The van der Waals surface area contributed by atoms with Gasteiger partial charge in [0, 0.05) is 0 Å². The third-order valence-corrected chi connectivity index (χ3v) is 0.878. The molecule has 0 aromatic heterocycles. The Morgan fingerprint density at radius 3 is 2.00 bits per heavy atom. The molecular weight excluding hydrogens is 134 g/mol. The van der Waals surface area contributed by atoms with E-state index >= 15 is 0 Å². The molecule has 0 aliphatic carbocycles. The van der Waals surface area contributed by atoms with Gasteiger partial charge < -0.3 is 0 Å². The van der Waals surface area contributed by atoms with Crippen molar-refractivity contribution in [2.24, 2.45) is 0 Å². The Labute approximate surface area is 39.3 Å². The Morgan fingerprint density at radius 1 is 1.75 bits per heavy atom. The minimum absolute atomic E-state index is 1.44. The van der Waals surface area contributed by atoms with E-state index in [2.05, 4.69) is 16.9 Å². The molecular formula is C2H2AsCl. The Hall–Kier alpha value is 0.588. The van der Waals surface area contributed by atoms with Crippen LogP contribution in [0.4, 0.5) is 0 Å². The van der Waals surface area contributed by atoms with Crippen LogP contribution in [0.5, 0.6) is 0 Å². The Morgan fingerprint density at radius 2 is 2.00 bits per heavy atom. The first kappa shape index (κ1) is 4.59. The first-order chi connectivity index (χ1) is 1.91. The summed E-state index contributed by atoms with van der Waals surface area (Å²) in [6.07, 6.45) is 0. The van der Waals surface area contributed by atoms with Crippen LogP contribution in [0.15, 0.2) is 10.4 Å². The monoisotopic (exact) mass is 136 g/mol. The van der Waals surface area contributed by atoms with Gasteiger partial charge in [-0.2, -0.15) is 0 Å². The second-order valence-corrected chi connectivity index (χ2v) is 1.15. The summed E-state index contributed by atoms with van der Waals surface area (Å²) in [5.74, 6) is 0. The van der Waals surface area contributed by atoms with Gasteiger partial charge in [0.2, 0.25) is 0 Å². The van der Waals surface area contributed by atoms with Crippen molar-refractivity contribution < 1.29 is 0 Å². The number of hydrogen-bond donors (Lipinski definition) is 0. The summed E-state index contributed by atoms with van der Waals surface area (Å²) in [5.41, 5.74) is 1.44. The second kappa shape index (κ2) is 3.59. The summed E-state index contributed by atoms with van der Waals surface area (Å²) in [6.45, 7) is 0. The molecule has 2 radical (unpaired) electrons. The SMILES string of the molecule is ClC=C[As]. The maximum absolute atomic E-state index is 4.99. The summed E-state index contributed by atoms with van der Waals surface area (Å²) in [7, 11) is 0. The predicted octanol–water partition coefficient (Wildman–Crippen LogP) is 0.865. The molecule has 0 atom stereocenters. The van der Waals surface area contributed by atoms with Gasteiger partial charge in [0.1, 0.15) is 0 Å². The quantitative estimate of drug-likeness (QED) is 0.434. The molecule has 0 unspecified atom stereocenters. The van der Waals surface area contributed by atoms with Gasteiger partial charge in [-0.1, -0.05) is 0 Å². The predicted molar refractivity (Wildman–Crippen MR) is 20.7 cm³/mol. The maximum atomic E-state index is 4.99. The molecule has 0 aromatic carbocycles. The molecule has 0 saturated heterocycles. The summed E-state index contributed by atoms with van der Waals surface area (Å²) in [5, 5.41) is 0. The molecule has 0 aromatic rings. The van der Waals surface area contributed by atoms with E-state index in [0.29, 0.717) is 0 Å². The molecule has 0 amide bonds. The number of rotatable bonds is 0. The van der Waals surface area contributed by atoms with Crippen molar-refractivity contribution in [2.75, 3.05) is 0 Å². The van der Waals surface area contributed by atoms with Crippen LogP contribution in [0.1, 0.15) is 0 Å². The van der Waals surface area contributed by atoms with Crippen molar-refractivity contribution in [3.05, 3.63) is 10.4 Å². The molecule has 0 nitrogen and oxygen atoms in total. The van der Waals surface area contributed by atoms with Crippen LogP contribution in [-0.2, 0) is 0 Å². The van der Waals surface area contributed by atoms with E-state index in [1.165, 1.54) is 5.54 Å². The van der Waals surface area contributed by atoms with Crippen LogP contribution >= 0.6 is 11.6 Å². The zero-order valence-electron chi connectivity index (χ0n) is 1.98. The molecule has 4 heavy (non-hydrogen) atoms. The van der Waals surface area contributed by atoms with Crippen LogP contribution in [0.25, 0.3) is 0 Å². The average molecular weight is 136 g/mol. The van der Waals surface area contributed by atoms with Crippen LogP contribution in [0, 0.1) is 0 Å². The molecule has 0 aliphatic rings. The van der Waals surface area contributed by atoms with E-state index in [-0.39, 0.29) is 0 Å². The average Bonchev–Trinajstić information content (AvgIpc) is 1.37. The van der Waals surface area contributed by atoms with E-state index in [4.69, 9.17) is 11.6 Å². The summed E-state index contributed by atoms with van der Waals surface area (Å²) >= 11 is 7.21. The van der Waals surface area contributed by atoms with Gasteiger partial charge in [-0.3, -0.25) is 0 Å². The van der Waals surface area contributed by atoms with Crippen LogP contribution in [-0.4, -0.2) is 16.9 Å². The molecule has 0 N–H and O–H groups in total. The second-order valence-electron chi connectivity index (χ2n) is 0.275. The van der Waals surface area contributed by atoms with Gasteiger partial charge in [-0.05, 0) is 0 Å². The van der Waals surface area contributed by atoms with Gasteiger partial charge in [0.25, 0.3) is 0 Å². The Kier molecular flexibility index (Phi) is 4.12. The molecule has 0 rings (SSSR count). The van der Waals surface area contributed by atoms with E-state index < -0.39 is 0 Å².